The molecule has 2 N–H and O–H groups in total. The van der Waals surface area contributed by atoms with Crippen LogP contribution in [-0.2, 0) is 6.42 Å². The Bertz CT molecular complexity index is 659. The van der Waals surface area contributed by atoms with Gasteiger partial charge in [0.2, 0.25) is 0 Å². The first kappa shape index (κ1) is 12.0. The Morgan fingerprint density at radius 3 is 2.85 bits per heavy atom. The van der Waals surface area contributed by atoms with Crippen LogP contribution >= 0.6 is 0 Å². The molecule has 2 aliphatic carbocycles. The van der Waals surface area contributed by atoms with E-state index in [2.05, 4.69) is 43.3 Å². The second kappa shape index (κ2) is 4.11. The molecule has 1 aromatic heterocycles. The van der Waals surface area contributed by atoms with Gasteiger partial charge in [0.25, 0.3) is 0 Å². The highest BCUT2D eigenvalue weighted by molar-refractivity contribution is 5.50. The molecule has 2 aliphatic rings. The number of nitrogens with zero attached hydrogens (tertiary/aromatic N) is 1. The Labute approximate surface area is 119 Å². The van der Waals surface area contributed by atoms with Crippen molar-refractivity contribution in [3.05, 3.63) is 46.7 Å². The molecule has 3 unspecified atom stereocenters. The fourth-order valence-electron chi connectivity index (χ4n) is 4.07. The summed E-state index contributed by atoms with van der Waals surface area (Å²) in [5.41, 5.74) is 10.1. The average molecular weight is 268 g/mol. The van der Waals surface area contributed by atoms with Crippen LogP contribution in [0.1, 0.15) is 60.5 Å². The zero-order valence-electron chi connectivity index (χ0n) is 12.0. The lowest BCUT2D eigenvalue weighted by Gasteiger charge is -2.13. The Kier molecular flexibility index (Phi) is 2.47. The fraction of sp³-hybridized carbons (Fsp3) is 0.471. The Hall–Kier alpha value is -1.77. The maximum absolute atomic E-state index is 5.99. The Balaban J connectivity index is 1.74. The summed E-state index contributed by atoms with van der Waals surface area (Å²) < 4.78 is 5.61. The van der Waals surface area contributed by atoms with E-state index in [0.29, 0.717) is 23.6 Å². The van der Waals surface area contributed by atoms with Crippen LogP contribution in [0.2, 0.25) is 0 Å². The Morgan fingerprint density at radius 2 is 2.05 bits per heavy atom. The molecule has 0 radical (unpaired) electrons. The van der Waals surface area contributed by atoms with E-state index in [-0.39, 0.29) is 0 Å². The molecular formula is C17H20N2O. The lowest BCUT2D eigenvalue weighted by Crippen LogP contribution is -2.00. The third-order valence-electron chi connectivity index (χ3n) is 4.99. The normalized spacial score (nSPS) is 27.2. The predicted molar refractivity (Wildman–Crippen MR) is 78.7 cm³/mol. The number of aryl methyl sites for hydroxylation is 1. The summed E-state index contributed by atoms with van der Waals surface area (Å²) in [7, 11) is 0. The number of nitrogens with two attached hydrogens (primary N) is 1. The number of hydrogen-bond acceptors (Lipinski definition) is 3. The van der Waals surface area contributed by atoms with Crippen molar-refractivity contribution in [2.45, 2.75) is 44.4 Å². The molecule has 0 aliphatic heterocycles. The van der Waals surface area contributed by atoms with Gasteiger partial charge in [0.15, 0.2) is 5.82 Å². The maximum Gasteiger partial charge on any atom is 0.170 e. The molecule has 4 rings (SSSR count). The van der Waals surface area contributed by atoms with Crippen molar-refractivity contribution in [2.75, 3.05) is 5.73 Å². The first-order valence-electron chi connectivity index (χ1n) is 7.51. The van der Waals surface area contributed by atoms with Gasteiger partial charge in [-0.1, -0.05) is 43.3 Å². The minimum Gasteiger partial charge on any atom is -0.381 e. The lowest BCUT2D eigenvalue weighted by molar-refractivity contribution is 0.379. The van der Waals surface area contributed by atoms with Crippen molar-refractivity contribution in [1.82, 2.24) is 5.16 Å². The van der Waals surface area contributed by atoms with Crippen LogP contribution in [0.25, 0.3) is 0 Å². The Morgan fingerprint density at radius 1 is 1.25 bits per heavy atom. The SMILES string of the molecule is CC(C)c1c(N)noc1C1C2CCc3ccccc3C21. The molecule has 0 spiro atoms. The molecule has 1 aromatic carbocycles. The fourth-order valence-corrected chi connectivity index (χ4v) is 4.07. The molecule has 3 nitrogen and oxygen atoms in total. The molecule has 1 saturated carbocycles. The minimum atomic E-state index is 0.370. The molecule has 104 valence electrons. The number of anilines is 1. The van der Waals surface area contributed by atoms with Gasteiger partial charge >= 0.3 is 0 Å². The van der Waals surface area contributed by atoms with E-state index in [9.17, 15) is 0 Å². The van der Waals surface area contributed by atoms with Crippen LogP contribution in [0, 0.1) is 5.92 Å². The van der Waals surface area contributed by atoms with Gasteiger partial charge in [-0.25, -0.2) is 0 Å². The largest absolute Gasteiger partial charge is 0.381 e. The average Bonchev–Trinajstić information content (AvgIpc) is 3.06. The second-order valence-electron chi connectivity index (χ2n) is 6.45. The predicted octanol–water partition coefficient (Wildman–Crippen LogP) is 3.82. The van der Waals surface area contributed by atoms with Crippen molar-refractivity contribution < 1.29 is 4.52 Å². The molecule has 0 saturated heterocycles. The molecule has 3 heteroatoms. The van der Waals surface area contributed by atoms with Crippen molar-refractivity contribution in [2.24, 2.45) is 5.92 Å². The summed E-state index contributed by atoms with van der Waals surface area (Å²) in [5.74, 6) is 3.81. The molecule has 20 heavy (non-hydrogen) atoms. The summed E-state index contributed by atoms with van der Waals surface area (Å²) in [6, 6.07) is 8.83. The summed E-state index contributed by atoms with van der Waals surface area (Å²) in [6.07, 6.45) is 2.44. The van der Waals surface area contributed by atoms with Gasteiger partial charge in [0.1, 0.15) is 5.76 Å². The van der Waals surface area contributed by atoms with Gasteiger partial charge < -0.3 is 10.3 Å². The number of nitrogen functional groups attached to an aromatic ring is 1. The molecule has 3 atom stereocenters. The van der Waals surface area contributed by atoms with Crippen molar-refractivity contribution in [3.8, 4) is 0 Å². The molecular weight excluding hydrogens is 248 g/mol. The van der Waals surface area contributed by atoms with Crippen LogP contribution in [-0.4, -0.2) is 5.16 Å². The van der Waals surface area contributed by atoms with Crippen molar-refractivity contribution in [1.29, 1.82) is 0 Å². The third-order valence-corrected chi connectivity index (χ3v) is 4.99. The van der Waals surface area contributed by atoms with Crippen molar-refractivity contribution >= 4 is 5.82 Å². The first-order chi connectivity index (χ1) is 9.68. The number of hydrogen-bond donors (Lipinski definition) is 1. The number of benzene rings is 1. The van der Waals surface area contributed by atoms with Gasteiger partial charge in [0.05, 0.1) is 0 Å². The first-order valence-corrected chi connectivity index (χ1v) is 7.51. The highest BCUT2D eigenvalue weighted by Crippen LogP contribution is 2.66. The molecule has 0 bridgehead atoms. The smallest absolute Gasteiger partial charge is 0.170 e. The van der Waals surface area contributed by atoms with E-state index in [1.165, 1.54) is 24.0 Å². The monoisotopic (exact) mass is 268 g/mol. The maximum atomic E-state index is 5.99. The van der Waals surface area contributed by atoms with Gasteiger partial charge in [-0.2, -0.15) is 0 Å². The second-order valence-corrected chi connectivity index (χ2v) is 6.45. The van der Waals surface area contributed by atoms with E-state index >= 15 is 0 Å². The topological polar surface area (TPSA) is 52.0 Å². The van der Waals surface area contributed by atoms with Crippen molar-refractivity contribution in [3.63, 3.8) is 0 Å². The summed E-state index contributed by atoms with van der Waals surface area (Å²) in [5, 5.41) is 4.02. The lowest BCUT2D eigenvalue weighted by atomic mass is 9.92. The zero-order valence-corrected chi connectivity index (χ0v) is 12.0. The quantitative estimate of drug-likeness (QED) is 0.900. The van der Waals surface area contributed by atoms with Crippen LogP contribution in [0.4, 0.5) is 5.82 Å². The molecule has 2 aromatic rings. The number of aromatic nitrogens is 1. The van der Waals surface area contributed by atoms with E-state index in [4.69, 9.17) is 10.3 Å². The minimum absolute atomic E-state index is 0.370. The molecule has 1 fully saturated rings. The van der Waals surface area contributed by atoms with Gasteiger partial charge in [-0.3, -0.25) is 0 Å². The van der Waals surface area contributed by atoms with Crippen LogP contribution in [0.5, 0.6) is 0 Å². The van der Waals surface area contributed by atoms with E-state index in [1.54, 1.807) is 0 Å². The zero-order chi connectivity index (χ0) is 13.9. The highest BCUT2D eigenvalue weighted by Gasteiger charge is 2.56. The van der Waals surface area contributed by atoms with Crippen LogP contribution in [0.15, 0.2) is 28.8 Å². The number of rotatable bonds is 2. The van der Waals surface area contributed by atoms with E-state index < -0.39 is 0 Å². The van der Waals surface area contributed by atoms with Gasteiger partial charge in [-0.15, -0.1) is 0 Å². The van der Waals surface area contributed by atoms with Gasteiger partial charge in [-0.05, 0) is 41.7 Å². The van der Waals surface area contributed by atoms with Gasteiger partial charge in [0, 0.05) is 11.5 Å². The third kappa shape index (κ3) is 1.55. The van der Waals surface area contributed by atoms with E-state index in [0.717, 1.165) is 17.2 Å². The number of fused-ring (bicyclic) bond motifs is 3. The standard InChI is InChI=1S/C17H20N2O/c1-9(2)13-16(20-19-17(13)18)15-12-8-7-10-5-3-4-6-11(10)14(12)15/h3-6,9,12,14-15H,7-8H2,1-2H3,(H2,18,19). The van der Waals surface area contributed by atoms with Crippen LogP contribution < -0.4 is 5.73 Å². The summed E-state index contributed by atoms with van der Waals surface area (Å²) >= 11 is 0. The molecule has 1 heterocycles. The summed E-state index contributed by atoms with van der Waals surface area (Å²) in [6.45, 7) is 4.32. The van der Waals surface area contributed by atoms with E-state index in [1.807, 2.05) is 0 Å². The highest BCUT2D eigenvalue weighted by atomic mass is 16.5. The summed E-state index contributed by atoms with van der Waals surface area (Å²) in [4.78, 5) is 0. The molecule has 0 amide bonds. The van der Waals surface area contributed by atoms with Crippen LogP contribution in [0.3, 0.4) is 0 Å².